The molecule has 1 amide bonds. The fraction of sp³-hybridized carbons (Fsp3) is 0.231. The van der Waals surface area contributed by atoms with Gasteiger partial charge in [-0.15, -0.1) is 0 Å². The highest BCUT2D eigenvalue weighted by molar-refractivity contribution is 6.03. The van der Waals surface area contributed by atoms with Crippen molar-refractivity contribution in [2.24, 2.45) is 5.10 Å². The van der Waals surface area contributed by atoms with Gasteiger partial charge in [-0.3, -0.25) is 9.69 Å². The van der Waals surface area contributed by atoms with E-state index in [0.29, 0.717) is 12.0 Å². The molecule has 0 N–H and O–H groups in total. The fourth-order valence-electron chi connectivity index (χ4n) is 4.49. The van der Waals surface area contributed by atoms with Crippen LogP contribution < -0.4 is 0 Å². The molecule has 2 aliphatic heterocycles. The maximum Gasteiger partial charge on any atom is 0.257 e. The van der Waals surface area contributed by atoms with E-state index >= 15 is 0 Å². The Labute approximate surface area is 181 Å². The van der Waals surface area contributed by atoms with Crippen LogP contribution in [0.3, 0.4) is 0 Å². The highest BCUT2D eigenvalue weighted by Crippen LogP contribution is 2.34. The van der Waals surface area contributed by atoms with Crippen molar-refractivity contribution in [2.45, 2.75) is 25.4 Å². The number of carbonyl (C=O) groups is 1. The van der Waals surface area contributed by atoms with Crippen LogP contribution in [0.1, 0.15) is 34.7 Å². The van der Waals surface area contributed by atoms with Crippen LogP contribution in [-0.4, -0.2) is 34.6 Å². The van der Waals surface area contributed by atoms with Gasteiger partial charge in [0.15, 0.2) is 0 Å². The molecule has 5 rings (SSSR count). The Balaban J connectivity index is 1.40. The molecule has 0 spiro atoms. The second-order valence-electron chi connectivity index (χ2n) is 8.12. The number of carbonyl (C=O) groups excluding carboxylic acids is 1. The molecule has 0 aromatic heterocycles. The first-order valence-electron chi connectivity index (χ1n) is 10.7. The number of nitrogens with zero attached hydrogens (tertiary/aromatic N) is 3. The number of fused-ring (bicyclic) bond motifs is 1. The average Bonchev–Trinajstić information content (AvgIpc) is 3.25. The van der Waals surface area contributed by atoms with Crippen molar-refractivity contribution in [1.29, 1.82) is 0 Å². The second kappa shape index (κ2) is 8.44. The summed E-state index contributed by atoms with van der Waals surface area (Å²) in [6.07, 6.45) is 1.43. The molecular weight excluding hydrogens is 389 g/mol. The number of amides is 1. The molecule has 0 bridgehead atoms. The topological polar surface area (TPSA) is 35.9 Å². The van der Waals surface area contributed by atoms with E-state index in [-0.39, 0.29) is 18.3 Å². The number of rotatable bonds is 4. The van der Waals surface area contributed by atoms with Gasteiger partial charge < -0.3 is 0 Å². The molecule has 3 aromatic carbocycles. The highest BCUT2D eigenvalue weighted by Gasteiger charge is 2.35. The van der Waals surface area contributed by atoms with Gasteiger partial charge in [-0.25, -0.2) is 9.40 Å². The summed E-state index contributed by atoms with van der Waals surface area (Å²) in [5, 5.41) is 6.18. The molecule has 0 aliphatic carbocycles. The van der Waals surface area contributed by atoms with Gasteiger partial charge in [-0.05, 0) is 29.2 Å². The summed E-state index contributed by atoms with van der Waals surface area (Å²) < 4.78 is 14.6. The van der Waals surface area contributed by atoms with E-state index in [4.69, 9.17) is 0 Å². The first kappa shape index (κ1) is 19.6. The number of hydrogen-bond donors (Lipinski definition) is 0. The van der Waals surface area contributed by atoms with Crippen LogP contribution in [0, 0.1) is 5.82 Å². The number of hydrazone groups is 1. The Kier molecular flexibility index (Phi) is 5.35. The Morgan fingerprint density at radius 3 is 2.45 bits per heavy atom. The normalized spacial score (nSPS) is 18.5. The van der Waals surface area contributed by atoms with Gasteiger partial charge in [0.1, 0.15) is 5.82 Å². The average molecular weight is 413 g/mol. The van der Waals surface area contributed by atoms with Crippen LogP contribution >= 0.6 is 0 Å². The number of halogens is 1. The number of hydrogen-bond acceptors (Lipinski definition) is 3. The lowest BCUT2D eigenvalue weighted by Gasteiger charge is -2.30. The molecule has 4 nitrogen and oxygen atoms in total. The van der Waals surface area contributed by atoms with E-state index in [1.54, 1.807) is 12.1 Å². The molecule has 1 unspecified atom stereocenters. The van der Waals surface area contributed by atoms with Gasteiger partial charge in [-0.2, -0.15) is 5.10 Å². The highest BCUT2D eigenvalue weighted by atomic mass is 19.1. The first-order chi connectivity index (χ1) is 15.2. The van der Waals surface area contributed by atoms with E-state index in [1.165, 1.54) is 22.2 Å². The number of benzene rings is 3. The van der Waals surface area contributed by atoms with Crippen molar-refractivity contribution in [3.63, 3.8) is 0 Å². The van der Waals surface area contributed by atoms with E-state index in [9.17, 15) is 9.18 Å². The van der Waals surface area contributed by atoms with E-state index in [0.717, 1.165) is 30.8 Å². The van der Waals surface area contributed by atoms with Gasteiger partial charge >= 0.3 is 0 Å². The van der Waals surface area contributed by atoms with Crippen LogP contribution in [0.25, 0.3) is 0 Å². The minimum absolute atomic E-state index is 0.0986. The Morgan fingerprint density at radius 1 is 0.935 bits per heavy atom. The molecule has 0 fully saturated rings. The fourth-order valence-corrected chi connectivity index (χ4v) is 4.49. The maximum absolute atomic E-state index is 14.6. The van der Waals surface area contributed by atoms with E-state index in [1.807, 2.05) is 42.5 Å². The molecule has 0 saturated heterocycles. The summed E-state index contributed by atoms with van der Waals surface area (Å²) in [6, 6.07) is 24.4. The minimum Gasteiger partial charge on any atom is -0.290 e. The Bertz CT molecular complexity index is 1130. The molecule has 0 saturated carbocycles. The standard InChI is InChI=1S/C26H24FN3O/c27-23-13-7-6-12-22(23)25-16-24(20-9-2-1-3-10-20)28-30(25)26(31)18-29-15-14-19-8-4-5-11-21(19)17-29/h1-13,25H,14-18H2. The predicted molar refractivity (Wildman–Crippen MR) is 119 cm³/mol. The summed E-state index contributed by atoms with van der Waals surface area (Å²) >= 11 is 0. The summed E-state index contributed by atoms with van der Waals surface area (Å²) in [4.78, 5) is 15.5. The third kappa shape index (κ3) is 4.01. The summed E-state index contributed by atoms with van der Waals surface area (Å²) in [5.41, 5.74) is 4.90. The van der Waals surface area contributed by atoms with Gasteiger partial charge in [0.25, 0.3) is 5.91 Å². The molecule has 2 heterocycles. The van der Waals surface area contributed by atoms with Crippen LogP contribution in [-0.2, 0) is 17.8 Å². The molecule has 1 atom stereocenters. The third-order valence-corrected chi connectivity index (χ3v) is 6.11. The quantitative estimate of drug-likeness (QED) is 0.629. The molecule has 3 aromatic rings. The summed E-state index contributed by atoms with van der Waals surface area (Å²) in [7, 11) is 0. The Hall–Kier alpha value is -3.31. The molecule has 31 heavy (non-hydrogen) atoms. The van der Waals surface area contributed by atoms with Crippen molar-refractivity contribution in [3.8, 4) is 0 Å². The monoisotopic (exact) mass is 413 g/mol. The molecule has 156 valence electrons. The maximum atomic E-state index is 14.6. The summed E-state index contributed by atoms with van der Waals surface area (Å²) in [5.74, 6) is -0.403. The third-order valence-electron chi connectivity index (χ3n) is 6.11. The largest absolute Gasteiger partial charge is 0.290 e. The van der Waals surface area contributed by atoms with Crippen molar-refractivity contribution in [3.05, 3.63) is 107 Å². The zero-order valence-electron chi connectivity index (χ0n) is 17.2. The van der Waals surface area contributed by atoms with Crippen molar-refractivity contribution in [1.82, 2.24) is 9.91 Å². The molecule has 2 aliphatic rings. The van der Waals surface area contributed by atoms with E-state index in [2.05, 4.69) is 28.2 Å². The molecule has 0 radical (unpaired) electrons. The Morgan fingerprint density at radius 2 is 1.65 bits per heavy atom. The lowest BCUT2D eigenvalue weighted by Crippen LogP contribution is -2.40. The zero-order chi connectivity index (χ0) is 21.2. The van der Waals surface area contributed by atoms with Crippen LogP contribution in [0.15, 0.2) is 84.0 Å². The minimum atomic E-state index is -0.430. The van der Waals surface area contributed by atoms with Gasteiger partial charge in [-0.1, -0.05) is 72.8 Å². The second-order valence-corrected chi connectivity index (χ2v) is 8.12. The zero-order valence-corrected chi connectivity index (χ0v) is 17.2. The SMILES string of the molecule is O=C(CN1CCc2ccccc2C1)N1N=C(c2ccccc2)CC1c1ccccc1F. The van der Waals surface area contributed by atoms with Gasteiger partial charge in [0.05, 0.1) is 18.3 Å². The van der Waals surface area contributed by atoms with Crippen molar-refractivity contribution < 1.29 is 9.18 Å². The van der Waals surface area contributed by atoms with Gasteiger partial charge in [0, 0.05) is 25.1 Å². The summed E-state index contributed by atoms with van der Waals surface area (Å²) in [6.45, 7) is 1.84. The lowest BCUT2D eigenvalue weighted by atomic mass is 9.98. The molecule has 5 heteroatoms. The van der Waals surface area contributed by atoms with Gasteiger partial charge in [0.2, 0.25) is 0 Å². The predicted octanol–water partition coefficient (Wildman–Crippen LogP) is 4.56. The smallest absolute Gasteiger partial charge is 0.257 e. The van der Waals surface area contributed by atoms with Crippen LogP contribution in [0.4, 0.5) is 4.39 Å². The first-order valence-corrected chi connectivity index (χ1v) is 10.7. The lowest BCUT2D eigenvalue weighted by molar-refractivity contribution is -0.134. The molecular formula is C26H24FN3O. The van der Waals surface area contributed by atoms with E-state index < -0.39 is 6.04 Å². The van der Waals surface area contributed by atoms with Crippen molar-refractivity contribution >= 4 is 11.6 Å². The van der Waals surface area contributed by atoms with Crippen LogP contribution in [0.5, 0.6) is 0 Å². The van der Waals surface area contributed by atoms with Crippen molar-refractivity contribution in [2.75, 3.05) is 13.1 Å². The van der Waals surface area contributed by atoms with Crippen LogP contribution in [0.2, 0.25) is 0 Å².